The summed E-state index contributed by atoms with van der Waals surface area (Å²) in [5.74, 6) is 0.167. The second kappa shape index (κ2) is 5.58. The summed E-state index contributed by atoms with van der Waals surface area (Å²) in [5.41, 5.74) is 0. The molecule has 1 unspecified atom stereocenters. The molecule has 4 nitrogen and oxygen atoms in total. The molecule has 0 aliphatic rings. The Kier molecular flexibility index (Phi) is 4.69. The molecule has 0 aliphatic carbocycles. The third kappa shape index (κ3) is 5.25. The van der Waals surface area contributed by atoms with Crippen molar-refractivity contribution in [2.45, 2.75) is 19.4 Å². The van der Waals surface area contributed by atoms with Gasteiger partial charge in [-0.3, -0.25) is 0 Å². The highest BCUT2D eigenvalue weighted by molar-refractivity contribution is 7.90. The topological polar surface area (TPSA) is 59.1 Å². The molecule has 6 heteroatoms. The molecule has 0 fully saturated rings. The van der Waals surface area contributed by atoms with Crippen molar-refractivity contribution < 1.29 is 8.42 Å². The van der Waals surface area contributed by atoms with Crippen molar-refractivity contribution in [3.8, 4) is 0 Å². The van der Waals surface area contributed by atoms with Crippen molar-refractivity contribution in [3.05, 3.63) is 16.6 Å². The van der Waals surface area contributed by atoms with Crippen LogP contribution in [0.5, 0.6) is 0 Å². The van der Waals surface area contributed by atoms with E-state index in [1.165, 1.54) is 6.26 Å². The zero-order valence-corrected chi connectivity index (χ0v) is 10.6. The van der Waals surface area contributed by atoms with E-state index in [2.05, 4.69) is 10.3 Å². The molecule has 0 spiro atoms. The Morgan fingerprint density at radius 2 is 2.33 bits per heavy atom. The highest BCUT2D eigenvalue weighted by Gasteiger charge is 2.15. The van der Waals surface area contributed by atoms with Gasteiger partial charge in [-0.05, 0) is 6.54 Å². The smallest absolute Gasteiger partial charge is 0.148 e. The second-order valence-electron chi connectivity index (χ2n) is 3.48. The number of likely N-dealkylation sites (N-methyl/N-ethyl adjacent to an activating group) is 1. The van der Waals surface area contributed by atoms with Crippen LogP contribution in [0.4, 0.5) is 0 Å². The number of nitrogens with one attached hydrogen (secondary N) is 1. The molecule has 0 bridgehead atoms. The first kappa shape index (κ1) is 12.6. The van der Waals surface area contributed by atoms with Gasteiger partial charge < -0.3 is 5.32 Å². The molecule has 86 valence electrons. The average molecular weight is 248 g/mol. The zero-order valence-electron chi connectivity index (χ0n) is 8.93. The molecule has 0 saturated heterocycles. The molecule has 1 atom stereocenters. The van der Waals surface area contributed by atoms with E-state index in [1.807, 2.05) is 12.3 Å². The van der Waals surface area contributed by atoms with Crippen LogP contribution in [-0.4, -0.2) is 38.0 Å². The maximum absolute atomic E-state index is 11.2. The maximum atomic E-state index is 11.2. The number of thiazole rings is 1. The van der Waals surface area contributed by atoms with Crippen molar-refractivity contribution in [1.82, 2.24) is 10.3 Å². The van der Waals surface area contributed by atoms with Crippen molar-refractivity contribution in [1.29, 1.82) is 0 Å². The Hall–Kier alpha value is -0.460. The van der Waals surface area contributed by atoms with Crippen LogP contribution >= 0.6 is 11.3 Å². The van der Waals surface area contributed by atoms with Gasteiger partial charge >= 0.3 is 0 Å². The van der Waals surface area contributed by atoms with Crippen LogP contribution < -0.4 is 5.32 Å². The number of hydrogen-bond acceptors (Lipinski definition) is 5. The van der Waals surface area contributed by atoms with E-state index in [1.54, 1.807) is 17.5 Å². The fraction of sp³-hybridized carbons (Fsp3) is 0.667. The van der Waals surface area contributed by atoms with Crippen LogP contribution in [0.3, 0.4) is 0 Å². The standard InChI is InChI=1S/C9H16N2O2S2/c1-3-10-8(7-15(2,12)13)6-9-11-4-5-14-9/h4-5,8,10H,3,6-7H2,1-2H3. The van der Waals surface area contributed by atoms with Gasteiger partial charge in [0.25, 0.3) is 0 Å². The SMILES string of the molecule is CCNC(Cc1nccs1)CS(C)(=O)=O. The van der Waals surface area contributed by atoms with Gasteiger partial charge in [-0.1, -0.05) is 6.92 Å². The summed E-state index contributed by atoms with van der Waals surface area (Å²) in [4.78, 5) is 4.15. The Balaban J connectivity index is 2.58. The van der Waals surface area contributed by atoms with Crippen LogP contribution in [0.2, 0.25) is 0 Å². The first-order valence-corrected chi connectivity index (χ1v) is 7.74. The van der Waals surface area contributed by atoms with Crippen LogP contribution in [0, 0.1) is 0 Å². The molecule has 1 aromatic heterocycles. The first-order valence-electron chi connectivity index (χ1n) is 4.80. The molecular formula is C9H16N2O2S2. The molecule has 15 heavy (non-hydrogen) atoms. The molecule has 1 aromatic rings. The lowest BCUT2D eigenvalue weighted by Gasteiger charge is -2.15. The Labute approximate surface area is 94.7 Å². The van der Waals surface area contributed by atoms with E-state index in [9.17, 15) is 8.42 Å². The van der Waals surface area contributed by atoms with Crippen molar-refractivity contribution in [2.24, 2.45) is 0 Å². The third-order valence-corrected chi connectivity index (χ3v) is 3.71. The van der Waals surface area contributed by atoms with E-state index in [-0.39, 0.29) is 11.8 Å². The quantitative estimate of drug-likeness (QED) is 0.805. The fourth-order valence-electron chi connectivity index (χ4n) is 1.41. The molecule has 1 heterocycles. The highest BCUT2D eigenvalue weighted by Crippen LogP contribution is 2.08. The van der Waals surface area contributed by atoms with E-state index in [0.717, 1.165) is 11.6 Å². The number of hydrogen-bond donors (Lipinski definition) is 1. The zero-order chi connectivity index (χ0) is 11.3. The minimum Gasteiger partial charge on any atom is -0.313 e. The normalized spacial score (nSPS) is 14.0. The Morgan fingerprint density at radius 1 is 1.60 bits per heavy atom. The fourth-order valence-corrected chi connectivity index (χ4v) is 3.07. The predicted octanol–water partition coefficient (Wildman–Crippen LogP) is 0.708. The Bertz CT molecular complexity index is 373. The van der Waals surface area contributed by atoms with Gasteiger partial charge in [-0.25, -0.2) is 13.4 Å². The molecule has 1 rings (SSSR count). The first-order chi connectivity index (χ1) is 7.01. The van der Waals surface area contributed by atoms with Gasteiger partial charge in [0.1, 0.15) is 9.84 Å². The molecule has 0 aliphatic heterocycles. The summed E-state index contributed by atoms with van der Waals surface area (Å²) in [7, 11) is -2.93. The summed E-state index contributed by atoms with van der Waals surface area (Å²) in [6.45, 7) is 2.74. The summed E-state index contributed by atoms with van der Waals surface area (Å²) in [5, 5.41) is 6.04. The minimum atomic E-state index is -2.93. The summed E-state index contributed by atoms with van der Waals surface area (Å²) in [6, 6.07) is -0.0313. The monoisotopic (exact) mass is 248 g/mol. The number of sulfone groups is 1. The highest BCUT2D eigenvalue weighted by atomic mass is 32.2. The summed E-state index contributed by atoms with van der Waals surface area (Å²) >= 11 is 1.56. The van der Waals surface area contributed by atoms with E-state index in [0.29, 0.717) is 6.42 Å². The molecule has 0 saturated carbocycles. The van der Waals surface area contributed by atoms with Crippen molar-refractivity contribution in [3.63, 3.8) is 0 Å². The number of aromatic nitrogens is 1. The van der Waals surface area contributed by atoms with Crippen LogP contribution in [0.25, 0.3) is 0 Å². The number of rotatable bonds is 6. The van der Waals surface area contributed by atoms with Gasteiger partial charge in [-0.2, -0.15) is 0 Å². The maximum Gasteiger partial charge on any atom is 0.148 e. The lowest BCUT2D eigenvalue weighted by molar-refractivity contribution is 0.544. The van der Waals surface area contributed by atoms with Crippen LogP contribution in [0.15, 0.2) is 11.6 Å². The van der Waals surface area contributed by atoms with E-state index in [4.69, 9.17) is 0 Å². The predicted molar refractivity (Wildman–Crippen MR) is 63.0 cm³/mol. The molecule has 0 amide bonds. The van der Waals surface area contributed by atoms with Gasteiger partial charge in [-0.15, -0.1) is 11.3 Å². The molecule has 1 N–H and O–H groups in total. The third-order valence-electron chi connectivity index (χ3n) is 1.90. The van der Waals surface area contributed by atoms with E-state index >= 15 is 0 Å². The Morgan fingerprint density at radius 3 is 2.80 bits per heavy atom. The largest absolute Gasteiger partial charge is 0.313 e. The van der Waals surface area contributed by atoms with Crippen LogP contribution in [-0.2, 0) is 16.3 Å². The molecular weight excluding hydrogens is 232 g/mol. The lowest BCUT2D eigenvalue weighted by Crippen LogP contribution is -2.37. The number of nitrogens with zero attached hydrogens (tertiary/aromatic N) is 1. The summed E-state index contributed by atoms with van der Waals surface area (Å²) < 4.78 is 22.4. The van der Waals surface area contributed by atoms with E-state index < -0.39 is 9.84 Å². The van der Waals surface area contributed by atoms with Crippen molar-refractivity contribution >= 4 is 21.2 Å². The van der Waals surface area contributed by atoms with Crippen molar-refractivity contribution in [2.75, 3.05) is 18.6 Å². The van der Waals surface area contributed by atoms with Gasteiger partial charge in [0.05, 0.1) is 10.8 Å². The van der Waals surface area contributed by atoms with Gasteiger partial charge in [0.15, 0.2) is 0 Å². The van der Waals surface area contributed by atoms with Gasteiger partial charge in [0.2, 0.25) is 0 Å². The molecule has 0 aromatic carbocycles. The lowest BCUT2D eigenvalue weighted by atomic mass is 10.2. The minimum absolute atomic E-state index is 0.0313. The van der Waals surface area contributed by atoms with Crippen LogP contribution in [0.1, 0.15) is 11.9 Å². The average Bonchev–Trinajstić information content (AvgIpc) is 2.54. The summed E-state index contributed by atoms with van der Waals surface area (Å²) in [6.07, 6.45) is 3.68. The van der Waals surface area contributed by atoms with Gasteiger partial charge in [0, 0.05) is 30.3 Å². The second-order valence-corrected chi connectivity index (χ2v) is 6.64. The molecule has 0 radical (unpaired) electrons.